The zero-order chi connectivity index (χ0) is 94.3. The molecule has 5 amide bonds. The molecule has 0 aromatic rings. The predicted octanol–water partition coefficient (Wildman–Crippen LogP) is 11.6. The van der Waals surface area contributed by atoms with E-state index >= 15 is 0 Å². The molecule has 0 saturated carbocycles. The molecule has 0 rings (SSSR count). The average Bonchev–Trinajstić information content (AvgIpc) is 0.885. The lowest BCUT2D eigenvalue weighted by atomic mass is 9.85. The Hall–Kier alpha value is -10.00. The lowest BCUT2D eigenvalue weighted by Crippen LogP contribution is -2.42. The summed E-state index contributed by atoms with van der Waals surface area (Å²) in [6.07, 6.45) is 6.94. The summed E-state index contributed by atoms with van der Waals surface area (Å²) in [6, 6.07) is -2.51. The minimum atomic E-state index is -1.47. The molecule has 0 bridgehead atoms. The molecule has 0 aliphatic rings. The first-order valence-corrected chi connectivity index (χ1v) is 42.9. The fraction of sp³-hybridized carbons (Fsp3) is 0.767. The van der Waals surface area contributed by atoms with Crippen molar-refractivity contribution in [1.29, 1.82) is 0 Å². The number of Topliss-reactive ketones (excluding diaryl/α,β-unsaturated/α-hetero) is 6. The molecule has 0 fully saturated rings. The molecule has 704 valence electrons. The van der Waals surface area contributed by atoms with Gasteiger partial charge in [0.05, 0.1) is 37.6 Å². The third-order valence-electron chi connectivity index (χ3n) is 18.3. The summed E-state index contributed by atoms with van der Waals surface area (Å²) in [7, 11) is 0. The molecule has 0 aliphatic heterocycles. The van der Waals surface area contributed by atoms with Gasteiger partial charge in [0.15, 0.2) is 0 Å². The molecule has 0 aliphatic carbocycles. The minimum absolute atomic E-state index is 0.0171. The Balaban J connectivity index is -0.00000184. The molecule has 0 aromatic heterocycles. The highest BCUT2D eigenvalue weighted by Crippen LogP contribution is 2.27. The number of carboxylic acids is 6. The van der Waals surface area contributed by atoms with Crippen molar-refractivity contribution >= 4 is 119 Å². The number of hydrogen-bond acceptors (Lipinski definition) is 26. The molecular weight excluding hydrogens is 1610 g/mol. The zero-order valence-electron chi connectivity index (χ0n) is 74.7. The highest BCUT2D eigenvalue weighted by molar-refractivity contribution is 5.93. The summed E-state index contributed by atoms with van der Waals surface area (Å²) in [4.78, 5) is 239. The smallest absolute Gasteiger partial charge is 0.407 e. The maximum atomic E-state index is 13.6. The van der Waals surface area contributed by atoms with Crippen LogP contribution in [0, 0.1) is 29.6 Å². The molecule has 7 atom stereocenters. The van der Waals surface area contributed by atoms with Gasteiger partial charge in [-0.2, -0.15) is 0 Å². The number of ether oxygens (including phenoxy) is 6. The summed E-state index contributed by atoms with van der Waals surface area (Å²) < 4.78 is 30.6. The van der Waals surface area contributed by atoms with Crippen LogP contribution in [0.1, 0.15) is 328 Å². The van der Waals surface area contributed by atoms with Gasteiger partial charge in [0, 0.05) is 128 Å². The number of ketones is 6. The molecule has 37 nitrogen and oxygen atoms in total. The number of nitrogens with one attached hydrogen (secondary N) is 5. The maximum absolute atomic E-state index is 13.6. The molecular formula is C86H143N5O32. The first-order valence-electron chi connectivity index (χ1n) is 42.9. The number of amides is 5. The molecule has 7 unspecified atom stereocenters. The van der Waals surface area contributed by atoms with Crippen LogP contribution in [0.15, 0.2) is 0 Å². The van der Waals surface area contributed by atoms with Crippen LogP contribution in [0.4, 0.5) is 14.4 Å². The molecule has 0 spiro atoms. The van der Waals surface area contributed by atoms with E-state index in [1.807, 2.05) is 0 Å². The number of rotatable bonds is 67. The second-order valence-electron chi connectivity index (χ2n) is 33.1. The number of esters is 3. The number of carboxylic acid groups (broad SMARTS) is 6. The topological polar surface area (TPSA) is 578 Å². The van der Waals surface area contributed by atoms with Crippen molar-refractivity contribution in [2.45, 2.75) is 356 Å². The summed E-state index contributed by atoms with van der Waals surface area (Å²) in [6.45, 7) is 24.2. The van der Waals surface area contributed by atoms with Gasteiger partial charge in [-0.1, -0.05) is 57.8 Å². The second-order valence-corrected chi connectivity index (χ2v) is 33.1. The third kappa shape index (κ3) is 71.2. The van der Waals surface area contributed by atoms with Gasteiger partial charge in [0.25, 0.3) is 0 Å². The Bertz CT molecular complexity index is 3320. The third-order valence-corrected chi connectivity index (χ3v) is 18.3. The van der Waals surface area contributed by atoms with Crippen molar-refractivity contribution in [1.82, 2.24) is 26.6 Å². The van der Waals surface area contributed by atoms with E-state index in [9.17, 15) is 106 Å². The summed E-state index contributed by atoms with van der Waals surface area (Å²) >= 11 is 0. The SMILES string of the molecule is CC(C)(C)OC(=O)NCCCCCCCC(=O)CC(CCC(=O)NC(CCC(=O)O)C(=O)O)C(=O)CC(CCC(=O)O)C(=O)O.CC(C)(C)OC(=O)NCCCCCCCC(=O)CC(CCC(=O)O)C(=O)O.CCOC(=O)CCC(CC(=O)C(CCC(=O)NC(CCC(C)=O)C(=O)OCC)CC(=O)CCCCCCCNC(=O)OC(C)(C)C)C(=O)OCC. The van der Waals surface area contributed by atoms with Crippen LogP contribution >= 0.6 is 0 Å². The van der Waals surface area contributed by atoms with E-state index < -0.39 is 173 Å². The average molecular weight is 1760 g/mol. The van der Waals surface area contributed by atoms with Gasteiger partial charge >= 0.3 is 72.0 Å². The monoisotopic (exact) mass is 1760 g/mol. The molecule has 123 heavy (non-hydrogen) atoms. The normalized spacial score (nSPS) is 12.8. The zero-order valence-corrected chi connectivity index (χ0v) is 74.7. The van der Waals surface area contributed by atoms with Gasteiger partial charge in [-0.3, -0.25) is 67.1 Å². The molecule has 0 radical (unpaired) electrons. The first kappa shape index (κ1) is 117. The van der Waals surface area contributed by atoms with E-state index in [0.29, 0.717) is 51.7 Å². The summed E-state index contributed by atoms with van der Waals surface area (Å²) in [5.74, 6) is -17.4. The number of alkyl carbamates (subject to hydrolysis) is 3. The highest BCUT2D eigenvalue weighted by Gasteiger charge is 2.34. The van der Waals surface area contributed by atoms with Gasteiger partial charge in [0.2, 0.25) is 11.8 Å². The predicted molar refractivity (Wildman–Crippen MR) is 446 cm³/mol. The van der Waals surface area contributed by atoms with Gasteiger partial charge in [-0.25, -0.2) is 24.0 Å². The number of carbonyl (C=O) groups excluding carboxylic acids is 14. The van der Waals surface area contributed by atoms with Crippen LogP contribution in [-0.2, 0) is 110 Å². The van der Waals surface area contributed by atoms with Crippen molar-refractivity contribution in [3.05, 3.63) is 0 Å². The van der Waals surface area contributed by atoms with Crippen molar-refractivity contribution in [3.63, 3.8) is 0 Å². The van der Waals surface area contributed by atoms with Crippen LogP contribution in [0.25, 0.3) is 0 Å². The Morgan fingerprint density at radius 2 is 0.585 bits per heavy atom. The van der Waals surface area contributed by atoms with Crippen molar-refractivity contribution in [2.24, 2.45) is 29.6 Å². The second kappa shape index (κ2) is 67.5. The first-order chi connectivity index (χ1) is 57.4. The number of aliphatic carboxylic acids is 6. The summed E-state index contributed by atoms with van der Waals surface area (Å²) in [5.41, 5.74) is -1.66. The number of hydrogen-bond donors (Lipinski definition) is 11. The standard InChI is InChI=1S/C37H62N2O12.C30H48N2O13.C19H33NO7/c1-8-48-33(44)22-19-28(34(45)49-9-2)25-31(42)27(18-21-32(43)39-30(20-17-26(4)40)35(46)50-10-3)24-29(41)16-14-12-11-13-15-23-38-36(47)51-37(5,6)7;1-30(2,3)45-29(44)31-16-8-6-4-5-7-9-21(33)17-19(23(34)18-20(27(40)41)11-14-25(36)37)10-13-24(35)32-22(28(42)43)12-15-26(38)39;1-19(2,3)27-18(26)20-12-8-6-4-5-7-9-15(21)13-14(17(24)25)10-11-16(22)23/h27-28,30H,8-25H2,1-7H3,(H,38,47)(H,39,43);19-20,22H,4-18H2,1-3H3,(H,31,44)(H,32,35)(H,36,37)(H,38,39)(H,40,41)(H,42,43);14H,4-13H2,1-3H3,(H,20,26)(H,22,23)(H,24,25). The molecule has 0 heterocycles. The van der Waals surface area contributed by atoms with E-state index in [4.69, 9.17) is 48.8 Å². The van der Waals surface area contributed by atoms with Crippen LogP contribution in [-0.4, -0.2) is 217 Å². The highest BCUT2D eigenvalue weighted by atomic mass is 16.6. The van der Waals surface area contributed by atoms with Gasteiger partial charge in [0.1, 0.15) is 63.6 Å². The molecule has 37 heteroatoms. The lowest BCUT2D eigenvalue weighted by molar-refractivity contribution is -0.151. The van der Waals surface area contributed by atoms with Crippen molar-refractivity contribution < 1.29 is 155 Å². The Kier molecular flexibility index (Phi) is 64.3. The van der Waals surface area contributed by atoms with E-state index in [1.54, 1.807) is 83.1 Å². The Morgan fingerprint density at radius 3 is 0.919 bits per heavy atom. The van der Waals surface area contributed by atoms with Crippen LogP contribution in [0.2, 0.25) is 0 Å². The van der Waals surface area contributed by atoms with Crippen LogP contribution in [0.5, 0.6) is 0 Å². The quantitative estimate of drug-likeness (QED) is 0.0153. The van der Waals surface area contributed by atoms with E-state index in [0.717, 1.165) is 70.6 Å². The van der Waals surface area contributed by atoms with Gasteiger partial charge in [-0.15, -0.1) is 0 Å². The Morgan fingerprint density at radius 1 is 0.293 bits per heavy atom. The fourth-order valence-corrected chi connectivity index (χ4v) is 12.0. The van der Waals surface area contributed by atoms with E-state index in [2.05, 4.69) is 26.6 Å². The minimum Gasteiger partial charge on any atom is -0.481 e. The molecule has 0 aromatic carbocycles. The fourth-order valence-electron chi connectivity index (χ4n) is 12.0. The summed E-state index contributed by atoms with van der Waals surface area (Å²) in [5, 5.41) is 66.9. The van der Waals surface area contributed by atoms with Crippen molar-refractivity contribution in [3.8, 4) is 0 Å². The number of unbranched alkanes of at least 4 members (excludes halogenated alkanes) is 12. The maximum Gasteiger partial charge on any atom is 0.407 e. The molecule has 11 N–H and O–H groups in total. The van der Waals surface area contributed by atoms with Gasteiger partial charge < -0.3 is 90.4 Å². The van der Waals surface area contributed by atoms with Crippen molar-refractivity contribution in [2.75, 3.05) is 39.5 Å². The van der Waals surface area contributed by atoms with E-state index in [1.165, 1.54) is 6.92 Å². The lowest BCUT2D eigenvalue weighted by Gasteiger charge is -2.20. The van der Waals surface area contributed by atoms with Crippen LogP contribution in [0.3, 0.4) is 0 Å². The Labute approximate surface area is 722 Å². The number of carbonyl (C=O) groups is 20. The van der Waals surface area contributed by atoms with Crippen LogP contribution < -0.4 is 26.6 Å². The molecule has 0 saturated heterocycles. The largest absolute Gasteiger partial charge is 0.481 e. The van der Waals surface area contributed by atoms with E-state index in [-0.39, 0.29) is 159 Å². The van der Waals surface area contributed by atoms with Gasteiger partial charge in [-0.05, 0) is 173 Å².